The van der Waals surface area contributed by atoms with Gasteiger partial charge in [-0.25, -0.2) is 4.79 Å². The number of halogens is 1. The van der Waals surface area contributed by atoms with E-state index in [2.05, 4.69) is 5.32 Å². The van der Waals surface area contributed by atoms with E-state index < -0.39 is 11.5 Å². The molecule has 29 heavy (non-hydrogen) atoms. The van der Waals surface area contributed by atoms with Gasteiger partial charge in [0.1, 0.15) is 11.1 Å². The van der Waals surface area contributed by atoms with Crippen LogP contribution in [-0.4, -0.2) is 25.0 Å². The summed E-state index contributed by atoms with van der Waals surface area (Å²) >= 11 is 5.91. The molecule has 0 aliphatic heterocycles. The van der Waals surface area contributed by atoms with Gasteiger partial charge in [0.15, 0.2) is 0 Å². The Morgan fingerprint density at radius 2 is 1.90 bits per heavy atom. The Morgan fingerprint density at radius 1 is 1.07 bits per heavy atom. The molecule has 1 N–H and O–H groups in total. The number of carbonyl (C=O) groups excluding carboxylic acids is 2. The molecule has 7 heteroatoms. The van der Waals surface area contributed by atoms with Crippen LogP contribution in [0.2, 0.25) is 5.02 Å². The molecule has 0 saturated carbocycles. The van der Waals surface area contributed by atoms with Crippen LogP contribution in [0.1, 0.15) is 28.8 Å². The molecular formula is C22H20ClNO5. The minimum atomic E-state index is -0.686. The first kappa shape index (κ1) is 20.6. The summed E-state index contributed by atoms with van der Waals surface area (Å²) in [5, 5.41) is 3.94. The van der Waals surface area contributed by atoms with E-state index in [0.717, 1.165) is 5.56 Å². The van der Waals surface area contributed by atoms with Gasteiger partial charge in [-0.05, 0) is 42.7 Å². The molecule has 0 aliphatic carbocycles. The number of esters is 1. The largest absolute Gasteiger partial charge is 0.466 e. The van der Waals surface area contributed by atoms with Crippen molar-refractivity contribution in [3.05, 3.63) is 81.2 Å². The molecule has 1 heterocycles. The zero-order valence-corrected chi connectivity index (χ0v) is 16.4. The maximum Gasteiger partial charge on any atom is 0.349 e. The fraction of sp³-hybridized carbons (Fsp3) is 0.227. The fourth-order valence-electron chi connectivity index (χ4n) is 2.79. The number of benzene rings is 2. The first-order chi connectivity index (χ1) is 14.0. The topological polar surface area (TPSA) is 85.6 Å². The van der Waals surface area contributed by atoms with Crippen LogP contribution in [0, 0.1) is 0 Å². The van der Waals surface area contributed by atoms with Crippen LogP contribution in [0.25, 0.3) is 11.0 Å². The van der Waals surface area contributed by atoms with Crippen LogP contribution in [0.3, 0.4) is 0 Å². The molecule has 0 spiro atoms. The summed E-state index contributed by atoms with van der Waals surface area (Å²) in [6.45, 7) is 0.452. The van der Waals surface area contributed by atoms with E-state index in [4.69, 9.17) is 20.8 Å². The van der Waals surface area contributed by atoms with Crippen molar-refractivity contribution < 1.29 is 18.7 Å². The van der Waals surface area contributed by atoms with E-state index in [1.165, 1.54) is 6.07 Å². The Bertz CT molecular complexity index is 1080. The monoisotopic (exact) mass is 413 g/mol. The third-order valence-corrected chi connectivity index (χ3v) is 4.50. The van der Waals surface area contributed by atoms with Crippen molar-refractivity contribution in [1.82, 2.24) is 5.32 Å². The van der Waals surface area contributed by atoms with Crippen LogP contribution in [0.5, 0.6) is 0 Å². The van der Waals surface area contributed by atoms with Gasteiger partial charge < -0.3 is 14.5 Å². The van der Waals surface area contributed by atoms with Crippen LogP contribution in [-0.2, 0) is 16.0 Å². The van der Waals surface area contributed by atoms with Crippen LogP contribution < -0.4 is 10.9 Å². The van der Waals surface area contributed by atoms with Gasteiger partial charge in [-0.2, -0.15) is 0 Å². The van der Waals surface area contributed by atoms with E-state index >= 15 is 0 Å². The summed E-state index contributed by atoms with van der Waals surface area (Å²) in [5.41, 5.74) is 0.658. The summed E-state index contributed by atoms with van der Waals surface area (Å²) in [4.78, 5) is 36.0. The van der Waals surface area contributed by atoms with Crippen molar-refractivity contribution in [3.8, 4) is 0 Å². The number of ether oxygens (including phenoxy) is 1. The lowest BCUT2D eigenvalue weighted by Gasteiger charge is -2.07. The fourth-order valence-corrected chi connectivity index (χ4v) is 3.00. The number of para-hydroxylation sites is 1. The van der Waals surface area contributed by atoms with Crippen molar-refractivity contribution in [3.63, 3.8) is 0 Å². The van der Waals surface area contributed by atoms with Crippen molar-refractivity contribution >= 4 is 34.4 Å². The minimum Gasteiger partial charge on any atom is -0.466 e. The average molecular weight is 414 g/mol. The molecule has 0 radical (unpaired) electrons. The third-order valence-electron chi connectivity index (χ3n) is 4.26. The summed E-state index contributed by atoms with van der Waals surface area (Å²) in [5.74, 6) is -0.830. The number of amides is 1. The maximum atomic E-state index is 12.2. The van der Waals surface area contributed by atoms with Crippen LogP contribution in [0.15, 0.2) is 63.8 Å². The van der Waals surface area contributed by atoms with Gasteiger partial charge in [-0.3, -0.25) is 9.59 Å². The molecule has 2 aromatic carbocycles. The highest BCUT2D eigenvalue weighted by molar-refractivity contribution is 6.30. The standard InChI is InChI=1S/C22H20ClNO5/c23-17-7-3-5-15(13-17)9-10-20(25)28-12-4-11-24-21(26)18-14-16-6-1-2-8-19(16)29-22(18)27/h1-3,5-8,13-14H,4,9-12H2,(H,24,26). The normalized spacial score (nSPS) is 10.7. The first-order valence-corrected chi connectivity index (χ1v) is 9.62. The number of hydrogen-bond donors (Lipinski definition) is 1. The Labute approximate surface area is 172 Å². The van der Waals surface area contributed by atoms with E-state index in [0.29, 0.717) is 28.8 Å². The summed E-state index contributed by atoms with van der Waals surface area (Å²) in [6.07, 6.45) is 1.24. The van der Waals surface area contributed by atoms with Crippen molar-refractivity contribution in [1.29, 1.82) is 0 Å². The van der Waals surface area contributed by atoms with Gasteiger partial charge in [0.2, 0.25) is 0 Å². The highest BCUT2D eigenvalue weighted by Crippen LogP contribution is 2.13. The lowest BCUT2D eigenvalue weighted by Crippen LogP contribution is -2.29. The molecule has 150 valence electrons. The van der Waals surface area contributed by atoms with Crippen molar-refractivity contribution in [2.45, 2.75) is 19.3 Å². The second-order valence-electron chi connectivity index (χ2n) is 6.45. The Balaban J connectivity index is 1.39. The molecule has 0 fully saturated rings. The van der Waals surface area contributed by atoms with Crippen LogP contribution in [0.4, 0.5) is 0 Å². The van der Waals surface area contributed by atoms with Gasteiger partial charge in [0, 0.05) is 23.4 Å². The second-order valence-corrected chi connectivity index (χ2v) is 6.88. The van der Waals surface area contributed by atoms with Crippen molar-refractivity contribution in [2.75, 3.05) is 13.2 Å². The first-order valence-electron chi connectivity index (χ1n) is 9.24. The van der Waals surface area contributed by atoms with Crippen molar-refractivity contribution in [2.24, 2.45) is 0 Å². The lowest BCUT2D eigenvalue weighted by atomic mass is 10.1. The predicted octanol–water partition coefficient (Wildman–Crippen LogP) is 3.74. The Hall–Kier alpha value is -3.12. The molecule has 1 aromatic heterocycles. The van der Waals surface area contributed by atoms with E-state index in [1.807, 2.05) is 18.2 Å². The Morgan fingerprint density at radius 3 is 2.72 bits per heavy atom. The average Bonchev–Trinajstić information content (AvgIpc) is 2.71. The molecule has 3 aromatic rings. The van der Waals surface area contributed by atoms with Gasteiger partial charge >= 0.3 is 11.6 Å². The molecule has 0 aliphatic rings. The Kier molecular flexibility index (Phi) is 7.03. The van der Waals surface area contributed by atoms with Gasteiger partial charge in [-0.1, -0.05) is 41.9 Å². The number of hydrogen-bond acceptors (Lipinski definition) is 5. The molecule has 1 amide bonds. The second kappa shape index (κ2) is 9.89. The number of nitrogens with one attached hydrogen (secondary N) is 1. The van der Waals surface area contributed by atoms with E-state index in [-0.39, 0.29) is 31.1 Å². The van der Waals surface area contributed by atoms with E-state index in [1.54, 1.807) is 30.3 Å². The van der Waals surface area contributed by atoms with Gasteiger partial charge in [0.05, 0.1) is 6.61 Å². The van der Waals surface area contributed by atoms with Gasteiger partial charge in [0.25, 0.3) is 5.91 Å². The van der Waals surface area contributed by atoms with Crippen LogP contribution >= 0.6 is 11.6 Å². The molecule has 0 bridgehead atoms. The third kappa shape index (κ3) is 5.93. The predicted molar refractivity (Wildman–Crippen MR) is 110 cm³/mol. The number of carbonyl (C=O) groups is 2. The summed E-state index contributed by atoms with van der Waals surface area (Å²) in [7, 11) is 0. The quantitative estimate of drug-likeness (QED) is 0.345. The zero-order chi connectivity index (χ0) is 20.6. The SMILES string of the molecule is O=C(CCc1cccc(Cl)c1)OCCCNC(=O)c1cc2ccccc2oc1=O. The minimum absolute atomic E-state index is 0.0535. The summed E-state index contributed by atoms with van der Waals surface area (Å²) < 4.78 is 10.3. The molecule has 0 saturated heterocycles. The van der Waals surface area contributed by atoms with E-state index in [9.17, 15) is 14.4 Å². The number of aryl methyl sites for hydroxylation is 1. The molecule has 0 atom stereocenters. The number of fused-ring (bicyclic) bond motifs is 1. The molecule has 0 unspecified atom stereocenters. The molecule has 3 rings (SSSR count). The zero-order valence-electron chi connectivity index (χ0n) is 15.7. The lowest BCUT2D eigenvalue weighted by molar-refractivity contribution is -0.143. The number of rotatable bonds is 8. The molecule has 6 nitrogen and oxygen atoms in total. The summed E-state index contributed by atoms with van der Waals surface area (Å²) in [6, 6.07) is 15.8. The van der Waals surface area contributed by atoms with Gasteiger partial charge in [-0.15, -0.1) is 0 Å². The highest BCUT2D eigenvalue weighted by atomic mass is 35.5. The highest BCUT2D eigenvalue weighted by Gasteiger charge is 2.13. The molecular weight excluding hydrogens is 394 g/mol. The maximum absolute atomic E-state index is 12.2. The smallest absolute Gasteiger partial charge is 0.349 e.